The van der Waals surface area contributed by atoms with E-state index in [1.54, 1.807) is 25.1 Å². The lowest BCUT2D eigenvalue weighted by atomic mass is 9.98. The van der Waals surface area contributed by atoms with Crippen molar-refractivity contribution < 1.29 is 37.4 Å². The Morgan fingerprint density at radius 1 is 1.38 bits per heavy atom. The van der Waals surface area contributed by atoms with Gasteiger partial charge in [-0.25, -0.2) is 18.5 Å². The van der Waals surface area contributed by atoms with Crippen LogP contribution in [0.25, 0.3) is 0 Å². The Balaban J connectivity index is 1.82. The highest BCUT2D eigenvalue weighted by atomic mass is 31.2. The van der Waals surface area contributed by atoms with E-state index >= 15 is 4.39 Å². The minimum atomic E-state index is -4.38. The van der Waals surface area contributed by atoms with Crippen LogP contribution in [0, 0.1) is 0 Å². The van der Waals surface area contributed by atoms with Crippen molar-refractivity contribution in [2.75, 3.05) is 13.2 Å². The lowest BCUT2D eigenvalue weighted by Crippen LogP contribution is -2.43. The largest absolute Gasteiger partial charge is 0.464 e. The van der Waals surface area contributed by atoms with E-state index in [2.05, 4.69) is 11.7 Å². The number of hydrogen-bond acceptors (Lipinski definition) is 9. The molecular formula is C23H29FN3O9P. The molecule has 0 aliphatic carbocycles. The van der Waals surface area contributed by atoms with Crippen molar-refractivity contribution in [1.82, 2.24) is 14.6 Å². The normalized spacial score (nSPS) is 25.7. The first kappa shape index (κ1) is 28.5. The second-order valence-electron chi connectivity index (χ2n) is 8.35. The molecule has 1 aromatic heterocycles. The molecule has 1 aliphatic rings. The molecule has 0 saturated carbocycles. The topological polar surface area (TPSA) is 158 Å². The molecule has 37 heavy (non-hydrogen) atoms. The van der Waals surface area contributed by atoms with Crippen LogP contribution in [0.3, 0.4) is 0 Å². The van der Waals surface area contributed by atoms with Gasteiger partial charge in [0.25, 0.3) is 5.56 Å². The fraction of sp³-hybridized carbons (Fsp3) is 0.435. The van der Waals surface area contributed by atoms with Gasteiger partial charge in [0.15, 0.2) is 11.9 Å². The molecule has 0 bridgehead atoms. The number of para-hydroxylation sites is 1. The Hall–Kier alpha value is -3.09. The number of aliphatic hydroxyl groups is 1. The van der Waals surface area contributed by atoms with Gasteiger partial charge >= 0.3 is 19.4 Å². The Morgan fingerprint density at radius 3 is 2.70 bits per heavy atom. The van der Waals surface area contributed by atoms with Crippen molar-refractivity contribution in [2.24, 2.45) is 0 Å². The predicted octanol–water partition coefficient (Wildman–Crippen LogP) is 1.82. The summed E-state index contributed by atoms with van der Waals surface area (Å²) in [5.41, 5.74) is -4.14. The van der Waals surface area contributed by atoms with Gasteiger partial charge in [-0.3, -0.25) is 18.9 Å². The molecule has 1 aromatic carbocycles. The first-order valence-corrected chi connectivity index (χ1v) is 12.9. The first-order chi connectivity index (χ1) is 17.5. The number of esters is 1. The molecule has 14 heteroatoms. The van der Waals surface area contributed by atoms with E-state index in [9.17, 15) is 24.1 Å². The Labute approximate surface area is 211 Å². The number of nitrogens with one attached hydrogen (secondary N) is 2. The molecule has 1 aliphatic heterocycles. The molecule has 0 unspecified atom stereocenters. The summed E-state index contributed by atoms with van der Waals surface area (Å²) in [4.78, 5) is 37.9. The number of H-pyrrole nitrogens is 1. The van der Waals surface area contributed by atoms with Crippen molar-refractivity contribution in [3.05, 3.63) is 76.1 Å². The minimum absolute atomic E-state index is 0.123. The predicted molar refractivity (Wildman–Crippen MR) is 130 cm³/mol. The lowest BCUT2D eigenvalue weighted by Gasteiger charge is -2.25. The summed E-state index contributed by atoms with van der Waals surface area (Å²) in [7, 11) is -4.38. The number of aromatic nitrogens is 2. The van der Waals surface area contributed by atoms with Gasteiger partial charge in [-0.15, -0.1) is 6.58 Å². The highest BCUT2D eigenvalue weighted by Gasteiger charge is 2.56. The van der Waals surface area contributed by atoms with Crippen molar-refractivity contribution in [2.45, 2.75) is 50.4 Å². The molecule has 0 spiro atoms. The molecule has 0 radical (unpaired) electrons. The van der Waals surface area contributed by atoms with Crippen molar-refractivity contribution >= 4 is 13.7 Å². The summed E-state index contributed by atoms with van der Waals surface area (Å²) in [5, 5.41) is 13.0. The zero-order chi connectivity index (χ0) is 27.2. The van der Waals surface area contributed by atoms with E-state index < -0.39 is 61.7 Å². The number of alkyl halides is 1. The summed E-state index contributed by atoms with van der Waals surface area (Å²) < 4.78 is 51.5. The number of aliphatic hydroxyl groups excluding tert-OH is 1. The summed E-state index contributed by atoms with van der Waals surface area (Å²) in [5.74, 6) is -0.646. The minimum Gasteiger partial charge on any atom is -0.464 e. The van der Waals surface area contributed by atoms with Crippen LogP contribution < -0.4 is 20.9 Å². The zero-order valence-electron chi connectivity index (χ0n) is 20.2. The smallest absolute Gasteiger partial charge is 0.459 e. The average Bonchev–Trinajstić information content (AvgIpc) is 3.08. The van der Waals surface area contributed by atoms with Crippen molar-refractivity contribution in [1.29, 1.82) is 0 Å². The number of benzene rings is 1. The van der Waals surface area contributed by atoms with E-state index in [1.807, 2.05) is 4.98 Å². The maximum Gasteiger partial charge on any atom is 0.459 e. The molecule has 3 N–H and O–H groups in total. The number of rotatable bonds is 12. The number of hydrogen-bond donors (Lipinski definition) is 3. The number of halogens is 1. The van der Waals surface area contributed by atoms with Crippen LogP contribution in [0.4, 0.5) is 4.39 Å². The maximum absolute atomic E-state index is 15.5. The van der Waals surface area contributed by atoms with Crippen LogP contribution in [0.2, 0.25) is 0 Å². The van der Waals surface area contributed by atoms with Gasteiger partial charge in [-0.05, 0) is 25.5 Å². The van der Waals surface area contributed by atoms with Gasteiger partial charge in [0, 0.05) is 12.3 Å². The van der Waals surface area contributed by atoms with Crippen LogP contribution in [-0.2, 0) is 23.4 Å². The molecule has 202 valence electrons. The molecular weight excluding hydrogens is 512 g/mol. The first-order valence-electron chi connectivity index (χ1n) is 11.4. The van der Waals surface area contributed by atoms with Gasteiger partial charge < -0.3 is 19.1 Å². The van der Waals surface area contributed by atoms with Crippen molar-refractivity contribution in [3.63, 3.8) is 0 Å². The Kier molecular flexibility index (Phi) is 9.21. The van der Waals surface area contributed by atoms with Crippen LogP contribution in [0.15, 0.2) is 64.8 Å². The molecule has 1 fully saturated rings. The molecule has 2 aromatic rings. The second-order valence-corrected chi connectivity index (χ2v) is 10.0. The number of aromatic amines is 1. The van der Waals surface area contributed by atoms with Gasteiger partial charge in [0.1, 0.15) is 24.0 Å². The summed E-state index contributed by atoms with van der Waals surface area (Å²) in [6.45, 7) is 5.81. The van der Waals surface area contributed by atoms with E-state index in [4.69, 9.17) is 18.5 Å². The van der Waals surface area contributed by atoms with Gasteiger partial charge in [0.05, 0.1) is 13.2 Å². The number of carbonyl (C=O) groups excluding carboxylic acids is 1. The molecule has 1 saturated heterocycles. The molecule has 12 nitrogen and oxygen atoms in total. The standard InChI is InChI=1S/C23H29FN3O9P/c1-4-13-33-20(30)16(5-2)26-37(32,36-15-9-7-6-8-10-15)34-14-17-19(29)23(3,24)21(35-17)27-12-11-18(28)25-22(27)31/h5-12,16-17,19,21,29H,2,4,13-14H2,1,3H3,(H,26,32)(H,25,28,31)/t16-,17+,19+,21+,23+,37+/m0/s1. The SMILES string of the molecule is C=C[C@H](N[P@@](=O)(OC[C@H]1O[C@@H](n2ccc(=O)[nH]c2=O)[C@](C)(F)[C@@H]1O)Oc1ccccc1)C(=O)OCCC. The van der Waals surface area contributed by atoms with Crippen molar-refractivity contribution in [3.8, 4) is 5.75 Å². The highest BCUT2D eigenvalue weighted by Crippen LogP contribution is 2.47. The third-order valence-corrected chi connectivity index (χ3v) is 6.97. The van der Waals surface area contributed by atoms with Gasteiger partial charge in [0.2, 0.25) is 0 Å². The molecule has 2 heterocycles. The van der Waals surface area contributed by atoms with Crippen LogP contribution in [0.5, 0.6) is 5.75 Å². The number of ether oxygens (including phenoxy) is 2. The fourth-order valence-corrected chi connectivity index (χ4v) is 4.98. The Bertz CT molecular complexity index is 1250. The van der Waals surface area contributed by atoms with Gasteiger partial charge in [-0.2, -0.15) is 5.09 Å². The molecule has 3 rings (SSSR count). The van der Waals surface area contributed by atoms with E-state index in [-0.39, 0.29) is 12.4 Å². The van der Waals surface area contributed by atoms with E-state index in [0.29, 0.717) is 6.42 Å². The summed E-state index contributed by atoms with van der Waals surface area (Å²) in [6, 6.07) is 7.63. The Morgan fingerprint density at radius 2 is 2.08 bits per heavy atom. The maximum atomic E-state index is 15.5. The number of carbonyl (C=O) groups is 1. The van der Waals surface area contributed by atoms with E-state index in [1.165, 1.54) is 12.1 Å². The zero-order valence-corrected chi connectivity index (χ0v) is 21.1. The van der Waals surface area contributed by atoms with Gasteiger partial charge in [-0.1, -0.05) is 31.2 Å². The second kappa shape index (κ2) is 12.0. The van der Waals surface area contributed by atoms with Crippen LogP contribution >= 0.6 is 7.75 Å². The summed E-state index contributed by atoms with van der Waals surface area (Å²) >= 11 is 0. The third-order valence-electron chi connectivity index (χ3n) is 5.43. The highest BCUT2D eigenvalue weighted by molar-refractivity contribution is 7.52. The van der Waals surface area contributed by atoms with Crippen LogP contribution in [0.1, 0.15) is 26.5 Å². The third kappa shape index (κ3) is 6.82. The quantitative estimate of drug-likeness (QED) is 0.206. The average molecular weight is 541 g/mol. The monoisotopic (exact) mass is 541 g/mol. The van der Waals surface area contributed by atoms with E-state index in [0.717, 1.165) is 29.8 Å². The number of nitrogens with zero attached hydrogens (tertiary/aromatic N) is 1. The summed E-state index contributed by atoms with van der Waals surface area (Å²) in [6.07, 6.45) is -2.13. The fourth-order valence-electron chi connectivity index (χ4n) is 3.51. The molecule has 6 atom stereocenters. The molecule has 0 amide bonds. The lowest BCUT2D eigenvalue weighted by molar-refractivity contribution is -0.144. The van der Waals surface area contributed by atoms with Crippen LogP contribution in [-0.4, -0.2) is 57.8 Å².